The summed E-state index contributed by atoms with van der Waals surface area (Å²) in [5, 5.41) is 0. The summed E-state index contributed by atoms with van der Waals surface area (Å²) in [6.45, 7) is 6.34. The highest BCUT2D eigenvalue weighted by Crippen LogP contribution is 2.33. The van der Waals surface area contributed by atoms with Crippen LogP contribution in [0.5, 0.6) is 17.2 Å². The van der Waals surface area contributed by atoms with Gasteiger partial charge in [0.05, 0.1) is 0 Å². The molecule has 2 aromatic carbocycles. The van der Waals surface area contributed by atoms with Crippen LogP contribution in [0.4, 0.5) is 0 Å². The fourth-order valence-corrected chi connectivity index (χ4v) is 4.88. The van der Waals surface area contributed by atoms with E-state index in [0.29, 0.717) is 13.2 Å². The second kappa shape index (κ2) is 9.41. The molecule has 32 heavy (non-hydrogen) atoms. The van der Waals surface area contributed by atoms with Crippen LogP contribution in [0.3, 0.4) is 0 Å². The lowest BCUT2D eigenvalue weighted by Crippen LogP contribution is -2.52. The smallest absolute Gasteiger partial charge is 0.263 e. The maximum absolute atomic E-state index is 13.2. The number of ether oxygens (including phenoxy) is 3. The summed E-state index contributed by atoms with van der Waals surface area (Å²) in [5.74, 6) is 2.57. The first-order valence-corrected chi connectivity index (χ1v) is 11.9. The zero-order chi connectivity index (χ0) is 21.9. The van der Waals surface area contributed by atoms with E-state index in [-0.39, 0.29) is 5.91 Å². The van der Waals surface area contributed by atoms with Gasteiger partial charge in [0.1, 0.15) is 5.75 Å². The molecular formula is C26H32N2O4. The van der Waals surface area contributed by atoms with Crippen molar-refractivity contribution in [2.75, 3.05) is 33.0 Å². The SMILES string of the molecule is CC[C@@H](Oc1ccc2c(c1)CCCC2)C(=O)N1CCN(Cc2ccc3c(c2)OCO3)CC1. The fraction of sp³-hybridized carbons (Fsp3) is 0.500. The molecule has 0 bridgehead atoms. The molecule has 1 saturated heterocycles. The van der Waals surface area contributed by atoms with Crippen molar-refractivity contribution in [3.63, 3.8) is 0 Å². The quantitative estimate of drug-likeness (QED) is 0.690. The van der Waals surface area contributed by atoms with E-state index in [2.05, 4.69) is 29.2 Å². The van der Waals surface area contributed by atoms with Crippen LogP contribution in [-0.2, 0) is 24.2 Å². The number of piperazine rings is 1. The van der Waals surface area contributed by atoms with Gasteiger partial charge in [-0.15, -0.1) is 0 Å². The molecule has 0 radical (unpaired) electrons. The molecule has 6 heteroatoms. The topological polar surface area (TPSA) is 51.2 Å². The molecule has 1 amide bonds. The average molecular weight is 437 g/mol. The van der Waals surface area contributed by atoms with Gasteiger partial charge in [-0.25, -0.2) is 0 Å². The number of fused-ring (bicyclic) bond motifs is 2. The Morgan fingerprint density at radius 1 is 0.969 bits per heavy atom. The molecule has 1 atom stereocenters. The molecule has 1 fully saturated rings. The molecule has 1 aliphatic carbocycles. The molecule has 170 valence electrons. The molecule has 0 saturated carbocycles. The van der Waals surface area contributed by atoms with Crippen LogP contribution in [0.1, 0.15) is 42.9 Å². The number of carbonyl (C=O) groups is 1. The van der Waals surface area contributed by atoms with E-state index in [9.17, 15) is 4.79 Å². The van der Waals surface area contributed by atoms with Gasteiger partial charge in [0.25, 0.3) is 5.91 Å². The van der Waals surface area contributed by atoms with Gasteiger partial charge in [-0.05, 0) is 73.1 Å². The third-order valence-electron chi connectivity index (χ3n) is 6.77. The minimum Gasteiger partial charge on any atom is -0.481 e. The molecule has 0 unspecified atom stereocenters. The predicted octanol–water partition coefficient (Wildman–Crippen LogP) is 3.80. The minimum absolute atomic E-state index is 0.105. The lowest BCUT2D eigenvalue weighted by Gasteiger charge is -2.36. The van der Waals surface area contributed by atoms with Crippen LogP contribution in [0.25, 0.3) is 0 Å². The van der Waals surface area contributed by atoms with Crippen molar-refractivity contribution in [2.45, 2.75) is 51.7 Å². The number of hydrogen-bond donors (Lipinski definition) is 0. The predicted molar refractivity (Wildman–Crippen MR) is 122 cm³/mol. The maximum atomic E-state index is 13.2. The van der Waals surface area contributed by atoms with Gasteiger partial charge in [0.2, 0.25) is 6.79 Å². The van der Waals surface area contributed by atoms with E-state index in [1.54, 1.807) is 0 Å². The van der Waals surface area contributed by atoms with Gasteiger partial charge >= 0.3 is 0 Å². The Balaban J connectivity index is 1.15. The van der Waals surface area contributed by atoms with Crippen molar-refractivity contribution in [1.29, 1.82) is 0 Å². The Morgan fingerprint density at radius 3 is 2.56 bits per heavy atom. The van der Waals surface area contributed by atoms with Crippen molar-refractivity contribution >= 4 is 5.91 Å². The Morgan fingerprint density at radius 2 is 1.75 bits per heavy atom. The van der Waals surface area contributed by atoms with Crippen LogP contribution in [0.2, 0.25) is 0 Å². The first-order chi connectivity index (χ1) is 15.7. The number of aryl methyl sites for hydroxylation is 2. The van der Waals surface area contributed by atoms with Gasteiger partial charge in [-0.3, -0.25) is 9.69 Å². The number of amides is 1. The number of hydrogen-bond acceptors (Lipinski definition) is 5. The van der Waals surface area contributed by atoms with Crippen molar-refractivity contribution in [3.05, 3.63) is 53.1 Å². The van der Waals surface area contributed by atoms with Crippen molar-refractivity contribution in [1.82, 2.24) is 9.80 Å². The van der Waals surface area contributed by atoms with E-state index in [1.165, 1.54) is 29.5 Å². The molecule has 3 aliphatic rings. The Hall–Kier alpha value is -2.73. The van der Waals surface area contributed by atoms with Crippen molar-refractivity contribution in [3.8, 4) is 17.2 Å². The normalized spacial score (nSPS) is 18.8. The molecule has 0 spiro atoms. The second-order valence-corrected chi connectivity index (χ2v) is 8.94. The zero-order valence-corrected chi connectivity index (χ0v) is 18.8. The molecule has 2 heterocycles. The highest BCUT2D eigenvalue weighted by molar-refractivity contribution is 5.81. The second-order valence-electron chi connectivity index (χ2n) is 8.94. The lowest BCUT2D eigenvalue weighted by molar-refractivity contribution is -0.140. The van der Waals surface area contributed by atoms with Gasteiger partial charge in [-0.2, -0.15) is 0 Å². The van der Waals surface area contributed by atoms with E-state index >= 15 is 0 Å². The summed E-state index contributed by atoms with van der Waals surface area (Å²) in [6, 6.07) is 12.5. The third-order valence-corrected chi connectivity index (χ3v) is 6.77. The monoisotopic (exact) mass is 436 g/mol. The highest BCUT2D eigenvalue weighted by atomic mass is 16.7. The van der Waals surface area contributed by atoms with E-state index in [1.807, 2.05) is 24.0 Å². The van der Waals surface area contributed by atoms with Crippen LogP contribution in [0.15, 0.2) is 36.4 Å². The zero-order valence-electron chi connectivity index (χ0n) is 18.8. The van der Waals surface area contributed by atoms with E-state index < -0.39 is 6.10 Å². The molecule has 2 aromatic rings. The van der Waals surface area contributed by atoms with E-state index in [0.717, 1.165) is 62.8 Å². The lowest BCUT2D eigenvalue weighted by atomic mass is 9.92. The van der Waals surface area contributed by atoms with Crippen molar-refractivity contribution < 1.29 is 19.0 Å². The summed E-state index contributed by atoms with van der Waals surface area (Å²) in [6.07, 6.45) is 5.03. The fourth-order valence-electron chi connectivity index (χ4n) is 4.88. The Labute approximate surface area is 190 Å². The third kappa shape index (κ3) is 4.56. The van der Waals surface area contributed by atoms with Gasteiger partial charge in [0, 0.05) is 32.7 Å². The number of carbonyl (C=O) groups excluding carboxylic acids is 1. The van der Waals surface area contributed by atoms with Gasteiger partial charge in [0.15, 0.2) is 17.6 Å². The summed E-state index contributed by atoms with van der Waals surface area (Å²) >= 11 is 0. The number of benzene rings is 2. The maximum Gasteiger partial charge on any atom is 0.263 e. The summed E-state index contributed by atoms with van der Waals surface area (Å²) in [5.41, 5.74) is 4.02. The number of rotatable bonds is 6. The number of nitrogens with zero attached hydrogens (tertiary/aromatic N) is 2. The molecule has 0 aromatic heterocycles. The van der Waals surface area contributed by atoms with Crippen LogP contribution >= 0.6 is 0 Å². The Kier molecular flexibility index (Phi) is 6.21. The minimum atomic E-state index is -0.419. The molecule has 2 aliphatic heterocycles. The summed E-state index contributed by atoms with van der Waals surface area (Å²) in [7, 11) is 0. The summed E-state index contributed by atoms with van der Waals surface area (Å²) < 4.78 is 17.1. The molecule has 0 N–H and O–H groups in total. The van der Waals surface area contributed by atoms with Crippen LogP contribution in [-0.4, -0.2) is 54.8 Å². The van der Waals surface area contributed by atoms with Crippen LogP contribution < -0.4 is 14.2 Å². The first-order valence-electron chi connectivity index (χ1n) is 11.9. The van der Waals surface area contributed by atoms with E-state index in [4.69, 9.17) is 14.2 Å². The Bertz CT molecular complexity index is 968. The largest absolute Gasteiger partial charge is 0.481 e. The van der Waals surface area contributed by atoms with Crippen LogP contribution in [0, 0.1) is 0 Å². The molecule has 5 rings (SSSR count). The molecule has 6 nitrogen and oxygen atoms in total. The standard InChI is InChI=1S/C26H32N2O4/c1-2-23(32-22-9-8-20-5-3-4-6-21(20)16-22)26(29)28-13-11-27(12-14-28)17-19-7-10-24-25(15-19)31-18-30-24/h7-10,15-16,23H,2-6,11-14,17-18H2,1H3/t23-/m1/s1. The highest BCUT2D eigenvalue weighted by Gasteiger charge is 2.28. The van der Waals surface area contributed by atoms with Gasteiger partial charge < -0.3 is 19.1 Å². The summed E-state index contributed by atoms with van der Waals surface area (Å²) in [4.78, 5) is 17.5. The van der Waals surface area contributed by atoms with Gasteiger partial charge in [-0.1, -0.05) is 19.1 Å². The van der Waals surface area contributed by atoms with Crippen molar-refractivity contribution in [2.24, 2.45) is 0 Å². The first kappa shape index (κ1) is 21.1. The average Bonchev–Trinajstić information content (AvgIpc) is 3.30. The molecular weight excluding hydrogens is 404 g/mol.